The minimum absolute atomic E-state index is 0.124. The van der Waals surface area contributed by atoms with Gasteiger partial charge in [0.2, 0.25) is 0 Å². The second-order valence-electron chi connectivity index (χ2n) is 7.61. The summed E-state index contributed by atoms with van der Waals surface area (Å²) in [5, 5.41) is 0. The van der Waals surface area contributed by atoms with Crippen molar-refractivity contribution in [2.75, 3.05) is 19.3 Å². The van der Waals surface area contributed by atoms with E-state index < -0.39 is 0 Å². The first-order chi connectivity index (χ1) is 14.2. The molecule has 150 valence electrons. The zero-order valence-corrected chi connectivity index (χ0v) is 17.8. The third kappa shape index (κ3) is 4.55. The van der Waals surface area contributed by atoms with Crippen LogP contribution >= 0.6 is 11.8 Å². The molecule has 3 aromatic rings. The van der Waals surface area contributed by atoms with Crippen molar-refractivity contribution in [3.05, 3.63) is 101 Å². The standard InChI is InChI=1S/C25H27FN2S/c1-19-7-3-4-8-21(19)17-27-15-16-28(18-22-9-5-6-10-24(22)26)25(27)20-11-13-23(29-2)14-12-20/h3-14,25H,15-18H2,1-2H3/t25-/m0/s1. The number of benzene rings is 3. The fourth-order valence-corrected chi connectivity index (χ4v) is 4.52. The second kappa shape index (κ2) is 9.12. The zero-order chi connectivity index (χ0) is 20.2. The number of halogens is 1. The van der Waals surface area contributed by atoms with Gasteiger partial charge in [0.1, 0.15) is 5.82 Å². The SMILES string of the molecule is CSc1ccc([C@H]2N(Cc3ccccc3C)CCN2Cc2ccccc2F)cc1. The topological polar surface area (TPSA) is 6.48 Å². The van der Waals surface area contributed by atoms with Crippen molar-refractivity contribution in [2.24, 2.45) is 0 Å². The van der Waals surface area contributed by atoms with Crippen LogP contribution in [0.3, 0.4) is 0 Å². The Labute approximate surface area is 177 Å². The van der Waals surface area contributed by atoms with Crippen LogP contribution < -0.4 is 0 Å². The summed E-state index contributed by atoms with van der Waals surface area (Å²) in [5.41, 5.74) is 4.70. The van der Waals surface area contributed by atoms with Gasteiger partial charge in [-0.1, -0.05) is 54.6 Å². The van der Waals surface area contributed by atoms with E-state index >= 15 is 0 Å². The summed E-state index contributed by atoms with van der Waals surface area (Å²) in [6.45, 7) is 5.58. The number of nitrogens with zero attached hydrogens (tertiary/aromatic N) is 2. The number of hydrogen-bond acceptors (Lipinski definition) is 3. The maximum Gasteiger partial charge on any atom is 0.127 e. The Bertz CT molecular complexity index is 902. The fraction of sp³-hybridized carbons (Fsp3) is 0.280. The summed E-state index contributed by atoms with van der Waals surface area (Å²) in [6, 6.07) is 24.5. The van der Waals surface area contributed by atoms with Gasteiger partial charge < -0.3 is 0 Å². The first kappa shape index (κ1) is 20.1. The van der Waals surface area contributed by atoms with E-state index in [9.17, 15) is 4.39 Å². The molecule has 0 bridgehead atoms. The molecule has 0 amide bonds. The van der Waals surface area contributed by atoms with Crippen molar-refractivity contribution < 1.29 is 4.39 Å². The maximum absolute atomic E-state index is 14.3. The van der Waals surface area contributed by atoms with Gasteiger partial charge in [-0.25, -0.2) is 4.39 Å². The van der Waals surface area contributed by atoms with Gasteiger partial charge in [-0.15, -0.1) is 11.8 Å². The van der Waals surface area contributed by atoms with Crippen molar-refractivity contribution in [3.63, 3.8) is 0 Å². The third-order valence-electron chi connectivity index (χ3n) is 5.75. The lowest BCUT2D eigenvalue weighted by Crippen LogP contribution is -2.31. The second-order valence-corrected chi connectivity index (χ2v) is 8.49. The van der Waals surface area contributed by atoms with E-state index in [-0.39, 0.29) is 12.0 Å². The van der Waals surface area contributed by atoms with Crippen LogP contribution in [-0.4, -0.2) is 29.1 Å². The Balaban J connectivity index is 1.63. The lowest BCUT2D eigenvalue weighted by molar-refractivity contribution is 0.124. The average molecular weight is 407 g/mol. The molecule has 1 aliphatic rings. The van der Waals surface area contributed by atoms with Crippen LogP contribution in [0.1, 0.15) is 28.4 Å². The smallest absolute Gasteiger partial charge is 0.127 e. The molecule has 1 aliphatic heterocycles. The Hall–Kier alpha value is -2.14. The molecule has 0 spiro atoms. The lowest BCUT2D eigenvalue weighted by Gasteiger charge is -2.31. The van der Waals surface area contributed by atoms with Crippen LogP contribution in [0.15, 0.2) is 77.7 Å². The van der Waals surface area contributed by atoms with Gasteiger partial charge in [-0.2, -0.15) is 0 Å². The van der Waals surface area contributed by atoms with Crippen molar-refractivity contribution in [1.29, 1.82) is 0 Å². The molecule has 0 aliphatic carbocycles. The Morgan fingerprint density at radius 2 is 1.41 bits per heavy atom. The highest BCUT2D eigenvalue weighted by Gasteiger charge is 2.33. The molecule has 1 heterocycles. The first-order valence-electron chi connectivity index (χ1n) is 10.1. The highest BCUT2D eigenvalue weighted by Crippen LogP contribution is 2.34. The van der Waals surface area contributed by atoms with E-state index in [1.165, 1.54) is 21.6 Å². The number of rotatable bonds is 6. The predicted molar refractivity (Wildman–Crippen MR) is 119 cm³/mol. The summed E-state index contributed by atoms with van der Waals surface area (Å²) in [4.78, 5) is 6.17. The van der Waals surface area contributed by atoms with Crippen LogP contribution in [0.25, 0.3) is 0 Å². The van der Waals surface area contributed by atoms with Gasteiger partial charge in [0.15, 0.2) is 0 Å². The molecule has 1 saturated heterocycles. The van der Waals surface area contributed by atoms with Gasteiger partial charge in [0, 0.05) is 36.6 Å². The van der Waals surface area contributed by atoms with E-state index in [4.69, 9.17) is 0 Å². The quantitative estimate of drug-likeness (QED) is 0.473. The van der Waals surface area contributed by atoms with Gasteiger partial charge in [-0.3, -0.25) is 9.80 Å². The van der Waals surface area contributed by atoms with Crippen LogP contribution in [0.4, 0.5) is 4.39 Å². The number of hydrogen-bond donors (Lipinski definition) is 0. The van der Waals surface area contributed by atoms with Crippen LogP contribution in [0.2, 0.25) is 0 Å². The Kier molecular flexibility index (Phi) is 6.34. The van der Waals surface area contributed by atoms with E-state index in [1.54, 1.807) is 23.9 Å². The van der Waals surface area contributed by atoms with E-state index in [1.807, 2.05) is 12.1 Å². The van der Waals surface area contributed by atoms with Gasteiger partial charge >= 0.3 is 0 Å². The predicted octanol–water partition coefficient (Wildman–Crippen LogP) is 5.87. The molecule has 1 fully saturated rings. The molecule has 1 atom stereocenters. The molecular formula is C25H27FN2S. The van der Waals surface area contributed by atoms with E-state index in [2.05, 4.69) is 71.5 Å². The van der Waals surface area contributed by atoms with Gasteiger partial charge in [0.05, 0.1) is 6.17 Å². The van der Waals surface area contributed by atoms with E-state index in [0.717, 1.165) is 25.2 Å². The highest BCUT2D eigenvalue weighted by atomic mass is 32.2. The molecule has 29 heavy (non-hydrogen) atoms. The van der Waals surface area contributed by atoms with Crippen molar-refractivity contribution in [2.45, 2.75) is 31.1 Å². The van der Waals surface area contributed by atoms with Gasteiger partial charge in [-0.05, 0) is 48.1 Å². The third-order valence-corrected chi connectivity index (χ3v) is 6.49. The van der Waals surface area contributed by atoms with Crippen LogP contribution in [0.5, 0.6) is 0 Å². The lowest BCUT2D eigenvalue weighted by atomic mass is 10.1. The number of aryl methyl sites for hydroxylation is 1. The summed E-state index contributed by atoms with van der Waals surface area (Å²) in [7, 11) is 0. The summed E-state index contributed by atoms with van der Waals surface area (Å²) < 4.78 is 14.3. The molecule has 0 saturated carbocycles. The van der Waals surface area contributed by atoms with E-state index in [0.29, 0.717) is 6.54 Å². The summed E-state index contributed by atoms with van der Waals surface area (Å²) in [5.74, 6) is -0.124. The Morgan fingerprint density at radius 1 is 0.828 bits per heavy atom. The van der Waals surface area contributed by atoms with Crippen LogP contribution in [0, 0.1) is 12.7 Å². The zero-order valence-electron chi connectivity index (χ0n) is 17.0. The van der Waals surface area contributed by atoms with Crippen molar-refractivity contribution in [1.82, 2.24) is 9.80 Å². The summed E-state index contributed by atoms with van der Waals surface area (Å²) in [6.07, 6.45) is 2.24. The fourth-order valence-electron chi connectivity index (χ4n) is 4.11. The Morgan fingerprint density at radius 3 is 2.03 bits per heavy atom. The molecule has 0 radical (unpaired) electrons. The minimum atomic E-state index is -0.124. The molecular weight excluding hydrogens is 379 g/mol. The molecule has 2 nitrogen and oxygen atoms in total. The maximum atomic E-state index is 14.3. The minimum Gasteiger partial charge on any atom is -0.278 e. The van der Waals surface area contributed by atoms with Crippen LogP contribution in [-0.2, 0) is 13.1 Å². The van der Waals surface area contributed by atoms with Crippen molar-refractivity contribution >= 4 is 11.8 Å². The molecule has 4 rings (SSSR count). The first-order valence-corrected chi connectivity index (χ1v) is 11.3. The summed E-state index contributed by atoms with van der Waals surface area (Å²) >= 11 is 1.75. The monoisotopic (exact) mass is 406 g/mol. The number of thioether (sulfide) groups is 1. The molecule has 0 unspecified atom stereocenters. The average Bonchev–Trinajstić information content (AvgIpc) is 3.13. The molecule has 0 N–H and O–H groups in total. The molecule has 3 aromatic carbocycles. The molecule has 0 aromatic heterocycles. The van der Waals surface area contributed by atoms with Crippen molar-refractivity contribution in [3.8, 4) is 0 Å². The largest absolute Gasteiger partial charge is 0.278 e. The highest BCUT2D eigenvalue weighted by molar-refractivity contribution is 7.98. The normalized spacial score (nSPS) is 17.7. The van der Waals surface area contributed by atoms with Gasteiger partial charge in [0.25, 0.3) is 0 Å². The molecule has 4 heteroatoms.